The van der Waals surface area contributed by atoms with E-state index in [4.69, 9.17) is 12.2 Å². The Morgan fingerprint density at radius 1 is 1.21 bits per heavy atom. The van der Waals surface area contributed by atoms with Crippen molar-refractivity contribution in [1.82, 2.24) is 10.6 Å². The molecule has 98 valence electrons. The molecule has 3 nitrogen and oxygen atoms in total. The Morgan fingerprint density at radius 3 is 2.68 bits per heavy atom. The molecule has 1 aliphatic carbocycles. The fourth-order valence-electron chi connectivity index (χ4n) is 2.71. The lowest BCUT2D eigenvalue weighted by atomic mass is 9.85. The molecule has 0 bridgehead atoms. The number of ketones is 1. The number of allylic oxidation sites excluding steroid dienone is 1. The second-order valence-electron chi connectivity index (χ2n) is 5.11. The number of hydrogen-bond donors (Lipinski definition) is 2. The first-order valence-corrected chi connectivity index (χ1v) is 6.96. The van der Waals surface area contributed by atoms with Crippen LogP contribution in [-0.2, 0) is 4.79 Å². The summed E-state index contributed by atoms with van der Waals surface area (Å²) >= 11 is 5.25. The van der Waals surface area contributed by atoms with Gasteiger partial charge in [-0.05, 0) is 37.5 Å². The molecule has 2 N–H and O–H groups in total. The van der Waals surface area contributed by atoms with Crippen molar-refractivity contribution in [2.45, 2.75) is 32.2 Å². The summed E-state index contributed by atoms with van der Waals surface area (Å²) < 4.78 is 0. The smallest absolute Gasteiger partial charge is 0.171 e. The first-order chi connectivity index (χ1) is 9.15. The zero-order valence-electron chi connectivity index (χ0n) is 10.8. The van der Waals surface area contributed by atoms with Crippen molar-refractivity contribution in [1.29, 1.82) is 0 Å². The van der Waals surface area contributed by atoms with Crippen LogP contribution in [0.4, 0.5) is 0 Å². The van der Waals surface area contributed by atoms with E-state index in [9.17, 15) is 4.79 Å². The van der Waals surface area contributed by atoms with Gasteiger partial charge in [-0.15, -0.1) is 0 Å². The molecule has 1 aliphatic heterocycles. The Hall–Kier alpha value is -1.68. The molecule has 19 heavy (non-hydrogen) atoms. The van der Waals surface area contributed by atoms with Crippen LogP contribution in [-0.4, -0.2) is 10.9 Å². The van der Waals surface area contributed by atoms with Crippen molar-refractivity contribution in [3.05, 3.63) is 46.7 Å². The van der Waals surface area contributed by atoms with Crippen LogP contribution < -0.4 is 10.6 Å². The van der Waals surface area contributed by atoms with Crippen LogP contribution in [0.1, 0.15) is 36.4 Å². The van der Waals surface area contributed by atoms with Crippen LogP contribution in [0.3, 0.4) is 0 Å². The van der Waals surface area contributed by atoms with Gasteiger partial charge in [0, 0.05) is 17.7 Å². The van der Waals surface area contributed by atoms with Crippen LogP contribution in [0.25, 0.3) is 0 Å². The maximum Gasteiger partial charge on any atom is 0.171 e. The number of aryl methyl sites for hydroxylation is 1. The molecule has 3 rings (SSSR count). The minimum absolute atomic E-state index is 0.0999. The van der Waals surface area contributed by atoms with Crippen molar-refractivity contribution >= 4 is 23.1 Å². The fourth-order valence-corrected chi connectivity index (χ4v) is 2.95. The Morgan fingerprint density at radius 2 is 1.95 bits per heavy atom. The summed E-state index contributed by atoms with van der Waals surface area (Å²) in [6, 6.07) is 8.16. The first-order valence-electron chi connectivity index (χ1n) is 6.55. The molecular weight excluding hydrogens is 256 g/mol. The first kappa shape index (κ1) is 12.4. The summed E-state index contributed by atoms with van der Waals surface area (Å²) in [5, 5.41) is 6.97. The maximum absolute atomic E-state index is 12.2. The Labute approximate surface area is 118 Å². The van der Waals surface area contributed by atoms with Crippen molar-refractivity contribution in [3.63, 3.8) is 0 Å². The zero-order chi connectivity index (χ0) is 13.4. The average Bonchev–Trinajstić information content (AvgIpc) is 2.38. The summed E-state index contributed by atoms with van der Waals surface area (Å²) in [4.78, 5) is 12.2. The van der Waals surface area contributed by atoms with Gasteiger partial charge in [-0.3, -0.25) is 4.79 Å². The zero-order valence-corrected chi connectivity index (χ0v) is 11.6. The predicted octanol–water partition coefficient (Wildman–Crippen LogP) is 2.52. The molecule has 0 amide bonds. The highest BCUT2D eigenvalue weighted by molar-refractivity contribution is 7.80. The van der Waals surface area contributed by atoms with Crippen LogP contribution in [0.2, 0.25) is 0 Å². The van der Waals surface area contributed by atoms with Gasteiger partial charge < -0.3 is 10.6 Å². The summed E-state index contributed by atoms with van der Waals surface area (Å²) in [6.07, 6.45) is 2.45. The normalized spacial score (nSPS) is 22.7. The molecule has 0 saturated carbocycles. The molecule has 2 aliphatic rings. The van der Waals surface area contributed by atoms with Gasteiger partial charge in [0.1, 0.15) is 0 Å². The van der Waals surface area contributed by atoms with Crippen LogP contribution in [0.15, 0.2) is 35.5 Å². The maximum atomic E-state index is 12.2. The summed E-state index contributed by atoms with van der Waals surface area (Å²) in [5.74, 6) is 0.231. The molecule has 4 heteroatoms. The van der Waals surface area contributed by atoms with Gasteiger partial charge in [0.2, 0.25) is 0 Å². The largest absolute Gasteiger partial charge is 0.351 e. The highest BCUT2D eigenvalue weighted by Gasteiger charge is 2.32. The van der Waals surface area contributed by atoms with Gasteiger partial charge in [0.15, 0.2) is 10.9 Å². The molecule has 0 spiro atoms. The van der Waals surface area contributed by atoms with Crippen molar-refractivity contribution in [2.24, 2.45) is 0 Å². The van der Waals surface area contributed by atoms with Gasteiger partial charge in [-0.2, -0.15) is 0 Å². The van der Waals surface area contributed by atoms with Crippen molar-refractivity contribution in [3.8, 4) is 0 Å². The average molecular weight is 272 g/mol. The minimum Gasteiger partial charge on any atom is -0.351 e. The standard InChI is InChI=1S/C15H16N2OS/c1-9-5-7-10(8-6-9)14-13-11(16-15(19)17-14)3-2-4-12(13)18/h5-8,14H,2-4H2,1H3,(H2,16,17,19)/t14-/m0/s1. The molecule has 0 saturated heterocycles. The Bertz CT molecular complexity index is 574. The number of carbonyl (C=O) groups excluding carboxylic acids is 1. The Kier molecular flexibility index (Phi) is 3.11. The van der Waals surface area contributed by atoms with Gasteiger partial charge in [-0.1, -0.05) is 29.8 Å². The van der Waals surface area contributed by atoms with Gasteiger partial charge in [0.05, 0.1) is 6.04 Å². The minimum atomic E-state index is -0.0999. The monoisotopic (exact) mass is 272 g/mol. The van der Waals surface area contributed by atoms with Gasteiger partial charge in [-0.25, -0.2) is 0 Å². The molecule has 1 heterocycles. The molecule has 0 aromatic heterocycles. The highest BCUT2D eigenvalue weighted by atomic mass is 32.1. The molecule has 0 unspecified atom stereocenters. The third-order valence-electron chi connectivity index (χ3n) is 3.70. The SMILES string of the molecule is Cc1ccc([C@@H]2NC(=S)NC3=C2C(=O)CCC3)cc1. The van der Waals surface area contributed by atoms with E-state index < -0.39 is 0 Å². The topological polar surface area (TPSA) is 41.1 Å². The van der Waals surface area contributed by atoms with E-state index in [1.165, 1.54) is 5.56 Å². The fraction of sp³-hybridized carbons (Fsp3) is 0.333. The van der Waals surface area contributed by atoms with Crippen molar-refractivity contribution < 1.29 is 4.79 Å². The van der Waals surface area contributed by atoms with E-state index in [1.54, 1.807) is 0 Å². The van der Waals surface area contributed by atoms with Crippen LogP contribution >= 0.6 is 12.2 Å². The predicted molar refractivity (Wildman–Crippen MR) is 78.7 cm³/mol. The Balaban J connectivity index is 2.05. The van der Waals surface area contributed by atoms with E-state index in [2.05, 4.69) is 41.8 Å². The van der Waals surface area contributed by atoms with Crippen LogP contribution in [0, 0.1) is 6.92 Å². The number of rotatable bonds is 1. The van der Waals surface area contributed by atoms with E-state index in [0.717, 1.165) is 29.7 Å². The summed E-state index contributed by atoms with van der Waals surface area (Å²) in [7, 11) is 0. The lowest BCUT2D eigenvalue weighted by Gasteiger charge is -2.33. The number of Topliss-reactive ketones (excluding diaryl/α,β-unsaturated/α-hetero) is 1. The lowest BCUT2D eigenvalue weighted by molar-refractivity contribution is -0.116. The number of hydrogen-bond acceptors (Lipinski definition) is 2. The lowest BCUT2D eigenvalue weighted by Crippen LogP contribution is -2.46. The number of nitrogens with one attached hydrogen (secondary N) is 2. The highest BCUT2D eigenvalue weighted by Crippen LogP contribution is 2.33. The molecule has 0 fully saturated rings. The molecule has 0 radical (unpaired) electrons. The number of carbonyl (C=O) groups is 1. The third kappa shape index (κ3) is 2.28. The van der Waals surface area contributed by atoms with Crippen LogP contribution in [0.5, 0.6) is 0 Å². The molecule has 1 aromatic carbocycles. The quantitative estimate of drug-likeness (QED) is 0.771. The third-order valence-corrected chi connectivity index (χ3v) is 3.92. The second kappa shape index (κ2) is 4.78. The van der Waals surface area contributed by atoms with Crippen molar-refractivity contribution in [2.75, 3.05) is 0 Å². The van der Waals surface area contributed by atoms with E-state index >= 15 is 0 Å². The van der Waals surface area contributed by atoms with E-state index in [0.29, 0.717) is 11.5 Å². The molecule has 1 atom stereocenters. The summed E-state index contributed by atoms with van der Waals surface area (Å²) in [6.45, 7) is 2.06. The second-order valence-corrected chi connectivity index (χ2v) is 5.52. The molecule has 1 aromatic rings. The van der Waals surface area contributed by atoms with E-state index in [1.807, 2.05) is 0 Å². The van der Waals surface area contributed by atoms with E-state index in [-0.39, 0.29) is 11.8 Å². The van der Waals surface area contributed by atoms with Gasteiger partial charge in [0.25, 0.3) is 0 Å². The number of thiocarbonyl (C=S) groups is 1. The van der Waals surface area contributed by atoms with Gasteiger partial charge >= 0.3 is 0 Å². The number of benzene rings is 1. The summed E-state index contributed by atoms with van der Waals surface area (Å²) in [5.41, 5.74) is 4.18. The molecular formula is C15H16N2OS.